The van der Waals surface area contributed by atoms with Gasteiger partial charge in [-0.05, 0) is 55.2 Å². The normalized spacial score (nSPS) is 28.7. The van der Waals surface area contributed by atoms with Crippen molar-refractivity contribution >= 4 is 17.5 Å². The molecule has 26 heavy (non-hydrogen) atoms. The predicted molar refractivity (Wildman–Crippen MR) is 103 cm³/mol. The second-order valence-electron chi connectivity index (χ2n) is 8.37. The molecule has 4 heteroatoms. The van der Waals surface area contributed by atoms with Crippen molar-refractivity contribution in [1.29, 1.82) is 0 Å². The first-order valence-corrected chi connectivity index (χ1v) is 10.4. The van der Waals surface area contributed by atoms with Crippen molar-refractivity contribution in [3.05, 3.63) is 29.8 Å². The molecule has 1 N–H and O–H groups in total. The van der Waals surface area contributed by atoms with E-state index in [9.17, 15) is 9.59 Å². The van der Waals surface area contributed by atoms with Gasteiger partial charge in [0.05, 0.1) is 6.42 Å². The summed E-state index contributed by atoms with van der Waals surface area (Å²) in [6.07, 6.45) is 11.1. The van der Waals surface area contributed by atoms with E-state index in [-0.39, 0.29) is 11.8 Å². The van der Waals surface area contributed by atoms with E-state index in [1.807, 2.05) is 29.2 Å². The Balaban J connectivity index is 1.28. The molecular formula is C22H30N2O2. The number of rotatable bonds is 4. The molecule has 1 saturated heterocycles. The molecule has 0 aromatic heterocycles. The fourth-order valence-corrected chi connectivity index (χ4v) is 5.18. The Morgan fingerprint density at radius 3 is 2.50 bits per heavy atom. The Hall–Kier alpha value is -1.84. The molecule has 4 rings (SSSR count). The van der Waals surface area contributed by atoms with Crippen LogP contribution in [0.15, 0.2) is 24.3 Å². The number of amides is 2. The molecule has 1 heterocycles. The quantitative estimate of drug-likeness (QED) is 0.893. The number of nitrogens with zero attached hydrogens (tertiary/aromatic N) is 1. The summed E-state index contributed by atoms with van der Waals surface area (Å²) >= 11 is 0. The van der Waals surface area contributed by atoms with Gasteiger partial charge in [0.25, 0.3) is 0 Å². The van der Waals surface area contributed by atoms with E-state index in [1.54, 1.807) is 0 Å². The highest BCUT2D eigenvalue weighted by Gasteiger charge is 2.32. The molecule has 3 atom stereocenters. The summed E-state index contributed by atoms with van der Waals surface area (Å²) in [5.41, 5.74) is 1.97. The highest BCUT2D eigenvalue weighted by molar-refractivity contribution is 5.95. The Kier molecular flexibility index (Phi) is 5.28. The van der Waals surface area contributed by atoms with Gasteiger partial charge in [-0.25, -0.2) is 0 Å². The maximum Gasteiger partial charge on any atom is 0.227 e. The van der Waals surface area contributed by atoms with Gasteiger partial charge in [0.1, 0.15) is 0 Å². The van der Waals surface area contributed by atoms with Gasteiger partial charge in [-0.15, -0.1) is 0 Å². The van der Waals surface area contributed by atoms with Crippen LogP contribution in [0.4, 0.5) is 5.69 Å². The molecule has 0 radical (unpaired) electrons. The highest BCUT2D eigenvalue weighted by Crippen LogP contribution is 2.40. The lowest BCUT2D eigenvalue weighted by Crippen LogP contribution is -2.42. The monoisotopic (exact) mass is 354 g/mol. The maximum atomic E-state index is 12.5. The molecule has 1 aliphatic heterocycles. The molecule has 2 saturated carbocycles. The molecule has 0 unspecified atom stereocenters. The van der Waals surface area contributed by atoms with Crippen LogP contribution >= 0.6 is 0 Å². The van der Waals surface area contributed by atoms with Crippen molar-refractivity contribution in [2.45, 2.75) is 70.3 Å². The third kappa shape index (κ3) is 3.94. The van der Waals surface area contributed by atoms with Crippen LogP contribution in [0.2, 0.25) is 0 Å². The van der Waals surface area contributed by atoms with E-state index < -0.39 is 0 Å². The van der Waals surface area contributed by atoms with Crippen LogP contribution in [-0.2, 0) is 16.0 Å². The Morgan fingerprint density at radius 2 is 1.77 bits per heavy atom. The lowest BCUT2D eigenvalue weighted by atomic mass is 9.69. The third-order valence-corrected chi connectivity index (χ3v) is 6.59. The zero-order valence-electron chi connectivity index (χ0n) is 15.6. The lowest BCUT2D eigenvalue weighted by Gasteiger charge is -2.39. The zero-order chi connectivity index (χ0) is 17.9. The fourth-order valence-electron chi connectivity index (χ4n) is 5.18. The highest BCUT2D eigenvalue weighted by atomic mass is 16.2. The van der Waals surface area contributed by atoms with Crippen molar-refractivity contribution in [3.8, 4) is 0 Å². The number of anilines is 1. The predicted octanol–water partition coefficient (Wildman–Crippen LogP) is 3.83. The molecule has 1 aromatic carbocycles. The van der Waals surface area contributed by atoms with Crippen molar-refractivity contribution < 1.29 is 9.59 Å². The molecule has 3 aliphatic rings. The Morgan fingerprint density at radius 1 is 1.00 bits per heavy atom. The molecule has 1 aromatic rings. The van der Waals surface area contributed by atoms with E-state index >= 15 is 0 Å². The van der Waals surface area contributed by atoms with Crippen molar-refractivity contribution in [1.82, 2.24) is 5.32 Å². The van der Waals surface area contributed by atoms with Crippen LogP contribution in [0, 0.1) is 11.8 Å². The van der Waals surface area contributed by atoms with E-state index in [1.165, 1.54) is 38.5 Å². The molecule has 3 fully saturated rings. The van der Waals surface area contributed by atoms with Crippen LogP contribution in [0.25, 0.3) is 0 Å². The van der Waals surface area contributed by atoms with Gasteiger partial charge in [-0.1, -0.05) is 37.8 Å². The number of benzene rings is 1. The first kappa shape index (κ1) is 17.6. The largest absolute Gasteiger partial charge is 0.353 e. The van der Waals surface area contributed by atoms with Crippen LogP contribution in [0.1, 0.15) is 63.4 Å². The standard InChI is InChI=1S/C22H30N2O2/c25-21(23-19-10-9-17-4-1-2-5-18(17)15-19)14-16-7-11-20(12-8-16)24-13-3-6-22(24)26/h7-8,11-12,17-19H,1-6,9-10,13-15H2,(H,23,25)/t17-,18-,19-/m1/s1. The van der Waals surface area contributed by atoms with Crippen molar-refractivity contribution in [2.24, 2.45) is 11.8 Å². The Labute approximate surface area is 156 Å². The molecule has 0 spiro atoms. The van der Waals surface area contributed by atoms with E-state index in [0.717, 1.165) is 42.5 Å². The minimum absolute atomic E-state index is 0.134. The molecule has 2 amide bonds. The van der Waals surface area contributed by atoms with Gasteiger partial charge in [-0.2, -0.15) is 0 Å². The van der Waals surface area contributed by atoms with Gasteiger partial charge in [0.15, 0.2) is 0 Å². The summed E-state index contributed by atoms with van der Waals surface area (Å²) < 4.78 is 0. The summed E-state index contributed by atoms with van der Waals surface area (Å²) in [6, 6.07) is 8.28. The molecule has 0 bridgehead atoms. The van der Waals surface area contributed by atoms with Crippen LogP contribution < -0.4 is 10.2 Å². The van der Waals surface area contributed by atoms with Crippen LogP contribution in [0.3, 0.4) is 0 Å². The second-order valence-corrected chi connectivity index (χ2v) is 8.37. The van der Waals surface area contributed by atoms with Gasteiger partial charge in [-0.3, -0.25) is 9.59 Å². The zero-order valence-corrected chi connectivity index (χ0v) is 15.6. The Bertz CT molecular complexity index is 655. The average molecular weight is 354 g/mol. The molecular weight excluding hydrogens is 324 g/mol. The minimum Gasteiger partial charge on any atom is -0.353 e. The lowest BCUT2D eigenvalue weighted by molar-refractivity contribution is -0.121. The SMILES string of the molecule is O=C(Cc1ccc(N2CCCC2=O)cc1)N[C@@H]1CC[C@H]2CCCC[C@@H]2C1. The maximum absolute atomic E-state index is 12.5. The summed E-state index contributed by atoms with van der Waals surface area (Å²) in [4.78, 5) is 26.1. The molecule has 2 aliphatic carbocycles. The molecule has 4 nitrogen and oxygen atoms in total. The van der Waals surface area contributed by atoms with Gasteiger partial charge >= 0.3 is 0 Å². The average Bonchev–Trinajstić information content (AvgIpc) is 3.08. The first-order valence-electron chi connectivity index (χ1n) is 10.4. The van der Waals surface area contributed by atoms with Gasteiger partial charge < -0.3 is 10.2 Å². The van der Waals surface area contributed by atoms with Crippen molar-refractivity contribution in [2.75, 3.05) is 11.4 Å². The second kappa shape index (κ2) is 7.81. The number of hydrogen-bond donors (Lipinski definition) is 1. The van der Waals surface area contributed by atoms with Gasteiger partial charge in [0, 0.05) is 24.7 Å². The van der Waals surface area contributed by atoms with E-state index in [2.05, 4.69) is 5.32 Å². The fraction of sp³-hybridized carbons (Fsp3) is 0.636. The first-order chi connectivity index (χ1) is 12.7. The minimum atomic E-state index is 0.134. The van der Waals surface area contributed by atoms with Crippen LogP contribution in [-0.4, -0.2) is 24.4 Å². The summed E-state index contributed by atoms with van der Waals surface area (Å²) in [7, 11) is 0. The summed E-state index contributed by atoms with van der Waals surface area (Å²) in [5.74, 6) is 2.08. The van der Waals surface area contributed by atoms with E-state index in [4.69, 9.17) is 0 Å². The third-order valence-electron chi connectivity index (χ3n) is 6.59. The summed E-state index contributed by atoms with van der Waals surface area (Å²) in [6.45, 7) is 0.808. The molecule has 140 valence electrons. The van der Waals surface area contributed by atoms with Gasteiger partial charge in [0.2, 0.25) is 11.8 Å². The number of nitrogens with one attached hydrogen (secondary N) is 1. The number of fused-ring (bicyclic) bond motifs is 1. The number of hydrogen-bond acceptors (Lipinski definition) is 2. The van der Waals surface area contributed by atoms with Crippen molar-refractivity contribution in [3.63, 3.8) is 0 Å². The topological polar surface area (TPSA) is 49.4 Å². The number of carbonyl (C=O) groups excluding carboxylic acids is 2. The van der Waals surface area contributed by atoms with E-state index in [0.29, 0.717) is 18.9 Å². The summed E-state index contributed by atoms with van der Waals surface area (Å²) in [5, 5.41) is 3.27. The number of carbonyl (C=O) groups is 2. The smallest absolute Gasteiger partial charge is 0.227 e. The van der Waals surface area contributed by atoms with Crippen LogP contribution in [0.5, 0.6) is 0 Å².